The van der Waals surface area contributed by atoms with Gasteiger partial charge in [0.05, 0.1) is 31.1 Å². The van der Waals surface area contributed by atoms with E-state index in [4.69, 9.17) is 4.74 Å². The molecule has 6 nitrogen and oxygen atoms in total. The number of halogens is 1. The van der Waals surface area contributed by atoms with Crippen LogP contribution in [0.15, 0.2) is 48.7 Å². The summed E-state index contributed by atoms with van der Waals surface area (Å²) >= 11 is 0. The van der Waals surface area contributed by atoms with E-state index in [2.05, 4.69) is 14.9 Å². The predicted molar refractivity (Wildman–Crippen MR) is 123 cm³/mol. The van der Waals surface area contributed by atoms with Crippen LogP contribution >= 0.6 is 0 Å². The molecule has 2 aromatic heterocycles. The molecule has 32 heavy (non-hydrogen) atoms. The number of ether oxygens (including phenoxy) is 1. The van der Waals surface area contributed by atoms with Crippen molar-refractivity contribution >= 4 is 29.6 Å². The number of fused-ring (bicyclic) bond motifs is 2. The number of hydrogen-bond donors (Lipinski definition) is 0. The van der Waals surface area contributed by atoms with Crippen LogP contribution < -0.4 is 9.80 Å². The van der Waals surface area contributed by atoms with E-state index in [1.54, 1.807) is 11.1 Å². The number of hydrogen-bond acceptors (Lipinski definition) is 5. The van der Waals surface area contributed by atoms with Crippen molar-refractivity contribution in [3.63, 3.8) is 0 Å². The van der Waals surface area contributed by atoms with Gasteiger partial charge in [-0.25, -0.2) is 14.4 Å². The molecule has 3 aromatic rings. The Kier molecular flexibility index (Phi) is 5.41. The smallest absolute Gasteiger partial charge is 0.224 e. The topological polar surface area (TPSA) is 58.6 Å². The average molecular weight is 430 g/mol. The summed E-state index contributed by atoms with van der Waals surface area (Å²) in [7, 11) is 0. The molecule has 0 radical (unpaired) electrons. The van der Waals surface area contributed by atoms with Crippen molar-refractivity contribution in [1.29, 1.82) is 0 Å². The van der Waals surface area contributed by atoms with E-state index in [9.17, 15) is 4.79 Å². The Hall–Kier alpha value is -3.58. The number of para-hydroxylation sites is 1. The van der Waals surface area contributed by atoms with Crippen LogP contribution in [-0.2, 0) is 16.1 Å². The van der Waals surface area contributed by atoms with E-state index < -0.39 is 5.82 Å². The van der Waals surface area contributed by atoms with Crippen LogP contribution in [0.25, 0.3) is 23.4 Å². The van der Waals surface area contributed by atoms with Gasteiger partial charge in [-0.2, -0.15) is 0 Å². The fourth-order valence-corrected chi connectivity index (χ4v) is 4.10. The molecule has 0 bridgehead atoms. The zero-order chi connectivity index (χ0) is 22.1. The van der Waals surface area contributed by atoms with Crippen LogP contribution in [0.3, 0.4) is 0 Å². The Labute approximate surface area is 186 Å². The molecule has 0 atom stereocenters. The summed E-state index contributed by atoms with van der Waals surface area (Å²) in [5.41, 5.74) is 3.87. The third-order valence-electron chi connectivity index (χ3n) is 5.80. The molecule has 1 fully saturated rings. The second-order valence-electron chi connectivity index (χ2n) is 7.86. The number of anilines is 2. The van der Waals surface area contributed by atoms with E-state index in [-0.39, 0.29) is 18.1 Å². The maximum absolute atomic E-state index is 15.1. The Morgan fingerprint density at radius 2 is 1.91 bits per heavy atom. The van der Waals surface area contributed by atoms with Crippen molar-refractivity contribution in [3.05, 3.63) is 71.3 Å². The summed E-state index contributed by atoms with van der Waals surface area (Å²) in [6, 6.07) is 12.9. The number of carbonyl (C=O) groups excluding carboxylic acids is 1. The highest BCUT2D eigenvalue weighted by atomic mass is 19.1. The first-order chi connectivity index (χ1) is 15.6. The van der Waals surface area contributed by atoms with Gasteiger partial charge in [-0.15, -0.1) is 0 Å². The number of rotatable bonds is 2. The second-order valence-corrected chi connectivity index (χ2v) is 7.86. The number of aromatic nitrogens is 2. The fraction of sp³-hybridized carbons (Fsp3) is 0.240. The van der Waals surface area contributed by atoms with Crippen molar-refractivity contribution in [1.82, 2.24) is 9.97 Å². The number of benzene rings is 1. The van der Waals surface area contributed by atoms with Crippen LogP contribution in [0.5, 0.6) is 0 Å². The highest BCUT2D eigenvalue weighted by Crippen LogP contribution is 2.31. The highest BCUT2D eigenvalue weighted by Gasteiger charge is 2.21. The number of pyridine rings is 2. The summed E-state index contributed by atoms with van der Waals surface area (Å²) in [6.45, 7) is 4.70. The lowest BCUT2D eigenvalue weighted by molar-refractivity contribution is -0.116. The average Bonchev–Trinajstić information content (AvgIpc) is 2.81. The van der Waals surface area contributed by atoms with Gasteiger partial charge in [0.15, 0.2) is 0 Å². The lowest BCUT2D eigenvalue weighted by Crippen LogP contribution is -2.36. The zero-order valence-corrected chi connectivity index (χ0v) is 17.8. The highest BCUT2D eigenvalue weighted by molar-refractivity contribution is 5.95. The summed E-state index contributed by atoms with van der Waals surface area (Å²) in [6.07, 6.45) is 5.45. The summed E-state index contributed by atoms with van der Waals surface area (Å²) in [5, 5.41) is 0. The monoisotopic (exact) mass is 430 g/mol. The molecule has 0 spiro atoms. The fourth-order valence-electron chi connectivity index (χ4n) is 4.10. The van der Waals surface area contributed by atoms with Gasteiger partial charge in [0.1, 0.15) is 17.3 Å². The first-order valence-corrected chi connectivity index (χ1v) is 10.6. The van der Waals surface area contributed by atoms with Crippen molar-refractivity contribution < 1.29 is 13.9 Å². The molecule has 2 aliphatic heterocycles. The Balaban J connectivity index is 1.52. The van der Waals surface area contributed by atoms with Gasteiger partial charge in [0.2, 0.25) is 5.91 Å². The van der Waals surface area contributed by atoms with Gasteiger partial charge >= 0.3 is 0 Å². The van der Waals surface area contributed by atoms with Gasteiger partial charge in [-0.05, 0) is 35.9 Å². The molecule has 0 N–H and O–H groups in total. The third kappa shape index (κ3) is 3.87. The van der Waals surface area contributed by atoms with E-state index in [0.29, 0.717) is 30.0 Å². The minimum Gasteiger partial charge on any atom is -0.378 e. The van der Waals surface area contributed by atoms with E-state index in [1.165, 1.54) is 13.0 Å². The van der Waals surface area contributed by atoms with E-state index in [1.807, 2.05) is 48.6 Å². The van der Waals surface area contributed by atoms with Crippen LogP contribution in [0, 0.1) is 5.82 Å². The maximum Gasteiger partial charge on any atom is 0.224 e. The minimum absolute atomic E-state index is 0.105. The first-order valence-electron chi connectivity index (χ1n) is 10.6. The second kappa shape index (κ2) is 8.51. The Morgan fingerprint density at radius 1 is 1.09 bits per heavy atom. The van der Waals surface area contributed by atoms with Gasteiger partial charge in [0.25, 0.3) is 0 Å². The Bertz CT molecular complexity index is 1190. The molecule has 5 rings (SSSR count). The molecule has 4 heterocycles. The SMILES string of the molecule is CC(=O)N1Cc2cc(F)c(-c3ccc(N4CCOCC4)nc3)nc2/C=C\c2ccccc21. The maximum atomic E-state index is 15.1. The molecule has 1 aromatic carbocycles. The largest absolute Gasteiger partial charge is 0.378 e. The summed E-state index contributed by atoms with van der Waals surface area (Å²) in [4.78, 5) is 25.3. The van der Waals surface area contributed by atoms with Crippen LogP contribution in [0.2, 0.25) is 0 Å². The van der Waals surface area contributed by atoms with Crippen molar-refractivity contribution in [2.75, 3.05) is 36.1 Å². The molecule has 2 aliphatic rings. The van der Waals surface area contributed by atoms with Crippen LogP contribution in [0.1, 0.15) is 23.7 Å². The molecule has 162 valence electrons. The molecule has 7 heteroatoms. The molecule has 0 aliphatic carbocycles. The molecule has 0 unspecified atom stereocenters. The van der Waals surface area contributed by atoms with Crippen LogP contribution in [-0.4, -0.2) is 42.2 Å². The summed E-state index contributed by atoms with van der Waals surface area (Å²) < 4.78 is 20.5. The normalized spacial score (nSPS) is 16.6. The minimum atomic E-state index is -0.435. The van der Waals surface area contributed by atoms with Crippen molar-refractivity contribution in [3.8, 4) is 11.3 Å². The van der Waals surface area contributed by atoms with Crippen molar-refractivity contribution in [2.24, 2.45) is 0 Å². The standard InChI is InChI=1S/C25H23FN4O2/c1-17(31)30-16-20-14-21(26)25(28-22(20)8-6-18-4-2-3-5-23(18)30)19-7-9-24(27-15-19)29-10-12-32-13-11-29/h2-9,14-15H,10-13,16H2,1H3/b8-6-. The van der Waals surface area contributed by atoms with Gasteiger partial charge in [-0.3, -0.25) is 4.79 Å². The first kappa shape index (κ1) is 20.3. The molecule has 0 saturated carbocycles. The zero-order valence-electron chi connectivity index (χ0n) is 17.8. The number of nitrogens with zero attached hydrogens (tertiary/aromatic N) is 4. The lowest BCUT2D eigenvalue weighted by Gasteiger charge is -2.27. The number of amides is 1. The third-order valence-corrected chi connectivity index (χ3v) is 5.80. The van der Waals surface area contributed by atoms with Gasteiger partial charge in [0, 0.05) is 37.3 Å². The van der Waals surface area contributed by atoms with Gasteiger partial charge < -0.3 is 14.5 Å². The van der Waals surface area contributed by atoms with E-state index in [0.717, 1.165) is 30.2 Å². The van der Waals surface area contributed by atoms with Crippen LogP contribution in [0.4, 0.5) is 15.9 Å². The van der Waals surface area contributed by atoms with E-state index >= 15 is 4.39 Å². The molecular weight excluding hydrogens is 407 g/mol. The van der Waals surface area contributed by atoms with Crippen molar-refractivity contribution in [2.45, 2.75) is 13.5 Å². The number of morpholine rings is 1. The summed E-state index contributed by atoms with van der Waals surface area (Å²) in [5.74, 6) is 0.304. The van der Waals surface area contributed by atoms with Gasteiger partial charge in [-0.1, -0.05) is 24.3 Å². The molecule has 1 saturated heterocycles. The molecule has 1 amide bonds. The lowest BCUT2D eigenvalue weighted by atomic mass is 10.0. The number of carbonyl (C=O) groups is 1. The predicted octanol–water partition coefficient (Wildman–Crippen LogP) is 4.16. The molecular formula is C25H23FN4O2. The Morgan fingerprint density at radius 3 is 2.66 bits per heavy atom. The quantitative estimate of drug-likeness (QED) is 0.611.